The molecule has 164 valence electrons. The van der Waals surface area contributed by atoms with E-state index in [9.17, 15) is 19.5 Å². The molecule has 2 aromatic heterocycles. The summed E-state index contributed by atoms with van der Waals surface area (Å²) in [6, 6.07) is 1.82. The van der Waals surface area contributed by atoms with Crippen molar-refractivity contribution in [2.75, 3.05) is 0 Å². The zero-order valence-corrected chi connectivity index (χ0v) is 19.8. The van der Waals surface area contributed by atoms with Gasteiger partial charge >= 0.3 is 5.97 Å². The molecule has 6 nitrogen and oxygen atoms in total. The number of hydrogen-bond acceptors (Lipinski definition) is 5. The first kappa shape index (κ1) is 21.9. The van der Waals surface area contributed by atoms with Gasteiger partial charge in [0, 0.05) is 22.3 Å². The summed E-state index contributed by atoms with van der Waals surface area (Å²) in [6.07, 6.45) is 6.32. The number of nitrogens with zero attached hydrogens (tertiary/aromatic N) is 2. The lowest BCUT2D eigenvalue weighted by molar-refractivity contribution is -0.124. The number of fused-ring (bicyclic) bond motifs is 1. The highest BCUT2D eigenvalue weighted by molar-refractivity contribution is 8.18. The van der Waals surface area contributed by atoms with Crippen LogP contribution in [0.5, 0.6) is 0 Å². The zero-order chi connectivity index (χ0) is 22.4. The van der Waals surface area contributed by atoms with Crippen LogP contribution in [0, 0.1) is 13.8 Å². The maximum Gasteiger partial charge on any atom is 0.339 e. The van der Waals surface area contributed by atoms with Crippen molar-refractivity contribution in [1.82, 2.24) is 9.47 Å². The van der Waals surface area contributed by atoms with E-state index in [2.05, 4.69) is 0 Å². The van der Waals surface area contributed by atoms with E-state index in [-0.39, 0.29) is 17.2 Å². The van der Waals surface area contributed by atoms with E-state index >= 15 is 0 Å². The van der Waals surface area contributed by atoms with Crippen molar-refractivity contribution >= 4 is 46.3 Å². The number of rotatable bonds is 5. The Hall–Kier alpha value is -2.32. The van der Waals surface area contributed by atoms with Gasteiger partial charge in [-0.25, -0.2) is 4.79 Å². The molecular formula is C23H26N2O4S2. The van der Waals surface area contributed by atoms with Gasteiger partial charge in [0.1, 0.15) is 5.00 Å². The molecule has 31 heavy (non-hydrogen) atoms. The van der Waals surface area contributed by atoms with Gasteiger partial charge in [-0.1, -0.05) is 6.92 Å². The Labute approximate surface area is 189 Å². The minimum atomic E-state index is -0.891. The van der Waals surface area contributed by atoms with Gasteiger partial charge in [0.15, 0.2) is 0 Å². The van der Waals surface area contributed by atoms with E-state index in [0.29, 0.717) is 16.9 Å². The van der Waals surface area contributed by atoms with Gasteiger partial charge in [0.05, 0.1) is 10.5 Å². The summed E-state index contributed by atoms with van der Waals surface area (Å²) >= 11 is 2.53. The van der Waals surface area contributed by atoms with Crippen LogP contribution in [0.25, 0.3) is 11.1 Å². The van der Waals surface area contributed by atoms with Gasteiger partial charge in [-0.15, -0.1) is 11.3 Å². The minimum Gasteiger partial charge on any atom is -0.478 e. The lowest BCUT2D eigenvalue weighted by Gasteiger charge is -2.19. The smallest absolute Gasteiger partial charge is 0.339 e. The van der Waals surface area contributed by atoms with Crippen molar-refractivity contribution in [3.05, 3.63) is 43.9 Å². The Morgan fingerprint density at radius 2 is 1.97 bits per heavy atom. The predicted octanol–water partition coefficient (Wildman–Crippen LogP) is 5.57. The van der Waals surface area contributed by atoms with Gasteiger partial charge in [-0.3, -0.25) is 14.5 Å². The van der Waals surface area contributed by atoms with Crippen molar-refractivity contribution in [2.24, 2.45) is 0 Å². The Bertz CT molecular complexity index is 1130. The first-order valence-corrected chi connectivity index (χ1v) is 12.2. The van der Waals surface area contributed by atoms with Crippen LogP contribution in [-0.4, -0.2) is 37.7 Å². The molecule has 2 aliphatic rings. The molecule has 0 unspecified atom stereocenters. The molecule has 1 N–H and O–H groups in total. The van der Waals surface area contributed by atoms with E-state index < -0.39 is 5.97 Å². The summed E-state index contributed by atoms with van der Waals surface area (Å²) in [5.74, 6) is -1.15. The third-order valence-corrected chi connectivity index (χ3v) is 8.34. The maximum absolute atomic E-state index is 12.8. The zero-order valence-electron chi connectivity index (χ0n) is 18.2. The Balaban J connectivity index is 1.78. The molecule has 2 aromatic rings. The van der Waals surface area contributed by atoms with Gasteiger partial charge in [0.25, 0.3) is 11.1 Å². The van der Waals surface area contributed by atoms with Gasteiger partial charge in [-0.05, 0) is 87.9 Å². The molecule has 0 spiro atoms. The first-order valence-electron chi connectivity index (χ1n) is 10.6. The van der Waals surface area contributed by atoms with Gasteiger partial charge in [-0.2, -0.15) is 0 Å². The molecule has 1 saturated heterocycles. The lowest BCUT2D eigenvalue weighted by atomic mass is 9.95. The average molecular weight is 459 g/mol. The summed E-state index contributed by atoms with van der Waals surface area (Å²) in [5.41, 5.74) is 3.99. The van der Waals surface area contributed by atoms with Crippen LogP contribution in [-0.2, 0) is 17.6 Å². The number of thiophene rings is 1. The van der Waals surface area contributed by atoms with Crippen molar-refractivity contribution in [3.8, 4) is 5.00 Å². The molecule has 8 heteroatoms. The molecular weight excluding hydrogens is 432 g/mol. The monoisotopic (exact) mass is 458 g/mol. The van der Waals surface area contributed by atoms with Crippen LogP contribution in [0.4, 0.5) is 4.79 Å². The molecule has 1 aliphatic carbocycles. The van der Waals surface area contributed by atoms with Crippen LogP contribution < -0.4 is 0 Å². The van der Waals surface area contributed by atoms with Gasteiger partial charge in [0.2, 0.25) is 0 Å². The summed E-state index contributed by atoms with van der Waals surface area (Å²) in [4.78, 5) is 40.2. The minimum absolute atomic E-state index is 0.138. The highest BCUT2D eigenvalue weighted by Crippen LogP contribution is 2.40. The number of hydrogen-bond donors (Lipinski definition) is 1. The molecule has 0 saturated carbocycles. The number of carboxylic acid groups (broad SMARTS) is 1. The van der Waals surface area contributed by atoms with E-state index in [1.54, 1.807) is 17.4 Å². The van der Waals surface area contributed by atoms with Crippen LogP contribution in [0.3, 0.4) is 0 Å². The van der Waals surface area contributed by atoms with Crippen molar-refractivity contribution in [3.63, 3.8) is 0 Å². The van der Waals surface area contributed by atoms with Gasteiger partial charge < -0.3 is 9.67 Å². The van der Waals surface area contributed by atoms with Crippen molar-refractivity contribution in [1.29, 1.82) is 0 Å². The van der Waals surface area contributed by atoms with Crippen LogP contribution in [0.1, 0.15) is 70.9 Å². The number of aromatic carboxylic acids is 1. The van der Waals surface area contributed by atoms with E-state index in [1.165, 1.54) is 9.78 Å². The third kappa shape index (κ3) is 3.65. The fraction of sp³-hybridized carbons (Fsp3) is 0.435. The largest absolute Gasteiger partial charge is 0.478 e. The number of thioether (sulfide) groups is 1. The lowest BCUT2D eigenvalue weighted by Crippen LogP contribution is -2.36. The van der Waals surface area contributed by atoms with E-state index in [4.69, 9.17) is 0 Å². The Morgan fingerprint density at radius 1 is 1.26 bits per heavy atom. The number of amides is 2. The second kappa shape index (κ2) is 8.31. The van der Waals surface area contributed by atoms with Crippen molar-refractivity contribution in [2.45, 2.75) is 65.8 Å². The van der Waals surface area contributed by atoms with E-state index in [0.717, 1.165) is 65.0 Å². The topological polar surface area (TPSA) is 79.6 Å². The number of imide groups is 1. The van der Waals surface area contributed by atoms with E-state index in [1.807, 2.05) is 38.3 Å². The predicted molar refractivity (Wildman–Crippen MR) is 124 cm³/mol. The Morgan fingerprint density at radius 3 is 2.65 bits per heavy atom. The second-order valence-electron chi connectivity index (χ2n) is 8.17. The molecule has 1 fully saturated rings. The quantitative estimate of drug-likeness (QED) is 0.593. The average Bonchev–Trinajstić information content (AvgIpc) is 3.32. The molecule has 1 atom stereocenters. The molecule has 1 aliphatic heterocycles. The number of carboxylic acids is 1. The number of carbonyl (C=O) groups excluding carboxylic acids is 2. The Kier molecular flexibility index (Phi) is 5.87. The molecule has 3 heterocycles. The fourth-order valence-corrected chi connectivity index (χ4v) is 6.77. The molecule has 0 radical (unpaired) electrons. The second-order valence-corrected chi connectivity index (χ2v) is 10.2. The maximum atomic E-state index is 12.8. The summed E-state index contributed by atoms with van der Waals surface area (Å²) in [5, 5.41) is 10.4. The third-order valence-electron chi connectivity index (χ3n) is 6.18. The fourth-order valence-electron chi connectivity index (χ4n) is 4.36. The number of aryl methyl sites for hydroxylation is 2. The summed E-state index contributed by atoms with van der Waals surface area (Å²) < 4.78 is 1.98. The number of aromatic nitrogens is 1. The standard InChI is InChI=1S/C23H26N2O4S2/c1-5-12(2)25-20(26)18(31-23(25)29)11-15-10-13(3)24(14(15)4)21-19(22(27)28)16-8-6-7-9-17(16)30-21/h10-12H,5-9H2,1-4H3,(H,27,28)/b18-11+/t12-/m0/s1. The highest BCUT2D eigenvalue weighted by atomic mass is 32.2. The summed E-state index contributed by atoms with van der Waals surface area (Å²) in [7, 11) is 0. The van der Waals surface area contributed by atoms with Crippen LogP contribution in [0.15, 0.2) is 11.0 Å². The molecule has 4 rings (SSSR count). The molecule has 0 bridgehead atoms. The molecule has 0 aromatic carbocycles. The molecule has 2 amide bonds. The highest BCUT2D eigenvalue weighted by Gasteiger charge is 2.38. The van der Waals surface area contributed by atoms with Crippen LogP contribution >= 0.6 is 23.1 Å². The normalized spacial score (nSPS) is 18.7. The first-order chi connectivity index (χ1) is 14.7. The van der Waals surface area contributed by atoms with Crippen molar-refractivity contribution < 1.29 is 19.5 Å². The SMILES string of the molecule is CC[C@H](C)N1C(=O)S/C(=C/c2cc(C)n(-c3sc4c(c3C(=O)O)CCCC4)c2C)C1=O. The number of carbonyl (C=O) groups is 3. The van der Waals surface area contributed by atoms with Crippen LogP contribution in [0.2, 0.25) is 0 Å². The summed E-state index contributed by atoms with van der Waals surface area (Å²) in [6.45, 7) is 7.70.